The highest BCUT2D eigenvalue weighted by molar-refractivity contribution is 5.78. The van der Waals surface area contributed by atoms with Crippen molar-refractivity contribution in [1.29, 1.82) is 0 Å². The lowest BCUT2D eigenvalue weighted by Gasteiger charge is -2.13. The van der Waals surface area contributed by atoms with Crippen LogP contribution in [-0.4, -0.2) is 18.5 Å². The van der Waals surface area contributed by atoms with Crippen LogP contribution in [-0.2, 0) is 17.8 Å². The number of carbonyl (C=O) groups is 1. The van der Waals surface area contributed by atoms with Gasteiger partial charge in [-0.15, -0.1) is 0 Å². The molecule has 1 aliphatic carbocycles. The maximum absolute atomic E-state index is 11.8. The van der Waals surface area contributed by atoms with E-state index in [1.807, 2.05) is 0 Å². The molecular weight excluding hydrogens is 236 g/mol. The molecule has 0 heterocycles. The van der Waals surface area contributed by atoms with Crippen molar-refractivity contribution in [2.45, 2.75) is 51.6 Å². The van der Waals surface area contributed by atoms with Crippen LogP contribution in [0.2, 0.25) is 0 Å². The third-order valence-corrected chi connectivity index (χ3v) is 3.82. The van der Waals surface area contributed by atoms with Gasteiger partial charge in [-0.25, -0.2) is 0 Å². The van der Waals surface area contributed by atoms with Gasteiger partial charge in [-0.1, -0.05) is 44.0 Å². The summed E-state index contributed by atoms with van der Waals surface area (Å²) in [5.41, 5.74) is 2.64. The van der Waals surface area contributed by atoms with Crippen LogP contribution in [0.3, 0.4) is 0 Å². The molecule has 3 nitrogen and oxygen atoms in total. The standard InChI is InChI=1S/C16H24N2O/c1-2-13-7-3-4-8-14(13)11-17-12-16(19)18-15-9-5-6-10-15/h3-4,7-8,15,17H,2,5-6,9-12H2,1H3,(H,18,19). The molecule has 1 aliphatic rings. The molecule has 1 aromatic carbocycles. The van der Waals surface area contributed by atoms with Crippen LogP contribution >= 0.6 is 0 Å². The summed E-state index contributed by atoms with van der Waals surface area (Å²) in [6.07, 6.45) is 5.82. The number of benzene rings is 1. The first kappa shape index (κ1) is 14.1. The Hall–Kier alpha value is -1.35. The molecule has 0 spiro atoms. The van der Waals surface area contributed by atoms with Crippen molar-refractivity contribution in [3.8, 4) is 0 Å². The summed E-state index contributed by atoms with van der Waals surface area (Å²) in [4.78, 5) is 11.8. The third-order valence-electron chi connectivity index (χ3n) is 3.82. The summed E-state index contributed by atoms with van der Waals surface area (Å²) in [5, 5.41) is 6.33. The van der Waals surface area contributed by atoms with Gasteiger partial charge >= 0.3 is 0 Å². The van der Waals surface area contributed by atoms with E-state index in [0.29, 0.717) is 12.6 Å². The Kier molecular flexibility index (Phi) is 5.40. The summed E-state index contributed by atoms with van der Waals surface area (Å²) >= 11 is 0. The van der Waals surface area contributed by atoms with E-state index in [1.165, 1.54) is 24.0 Å². The maximum Gasteiger partial charge on any atom is 0.234 e. The molecule has 104 valence electrons. The van der Waals surface area contributed by atoms with Crippen LogP contribution < -0.4 is 10.6 Å². The molecule has 0 saturated heterocycles. The average Bonchev–Trinajstić information content (AvgIpc) is 2.92. The number of hydrogen-bond donors (Lipinski definition) is 2. The van der Waals surface area contributed by atoms with Crippen molar-refractivity contribution in [3.05, 3.63) is 35.4 Å². The van der Waals surface area contributed by atoms with Crippen molar-refractivity contribution in [2.75, 3.05) is 6.54 Å². The number of carbonyl (C=O) groups excluding carboxylic acids is 1. The Morgan fingerprint density at radius 2 is 1.89 bits per heavy atom. The SMILES string of the molecule is CCc1ccccc1CNCC(=O)NC1CCCC1. The highest BCUT2D eigenvalue weighted by Gasteiger charge is 2.16. The van der Waals surface area contributed by atoms with Crippen LogP contribution in [0.15, 0.2) is 24.3 Å². The Labute approximate surface area is 115 Å². The van der Waals surface area contributed by atoms with Crippen LogP contribution in [0.4, 0.5) is 0 Å². The maximum atomic E-state index is 11.8. The van der Waals surface area contributed by atoms with E-state index in [0.717, 1.165) is 25.8 Å². The predicted octanol–water partition coefficient (Wildman–Crippen LogP) is 2.40. The Bertz CT molecular complexity index is 411. The lowest BCUT2D eigenvalue weighted by atomic mass is 10.1. The van der Waals surface area contributed by atoms with E-state index < -0.39 is 0 Å². The minimum atomic E-state index is 0.126. The van der Waals surface area contributed by atoms with Gasteiger partial charge in [0, 0.05) is 12.6 Å². The van der Waals surface area contributed by atoms with Crippen molar-refractivity contribution in [1.82, 2.24) is 10.6 Å². The molecule has 0 unspecified atom stereocenters. The first-order chi connectivity index (χ1) is 9.29. The molecule has 2 N–H and O–H groups in total. The molecule has 0 aromatic heterocycles. The van der Waals surface area contributed by atoms with Gasteiger partial charge in [-0.3, -0.25) is 4.79 Å². The zero-order valence-corrected chi connectivity index (χ0v) is 11.7. The molecule has 1 amide bonds. The van der Waals surface area contributed by atoms with Crippen LogP contribution in [0.25, 0.3) is 0 Å². The monoisotopic (exact) mass is 260 g/mol. The van der Waals surface area contributed by atoms with E-state index in [-0.39, 0.29) is 5.91 Å². The molecule has 1 aromatic rings. The fourth-order valence-electron chi connectivity index (χ4n) is 2.73. The van der Waals surface area contributed by atoms with Crippen LogP contribution in [0.5, 0.6) is 0 Å². The average molecular weight is 260 g/mol. The second-order valence-electron chi connectivity index (χ2n) is 5.27. The van der Waals surface area contributed by atoms with E-state index in [1.54, 1.807) is 0 Å². The summed E-state index contributed by atoms with van der Waals surface area (Å²) in [7, 11) is 0. The Balaban J connectivity index is 1.72. The van der Waals surface area contributed by atoms with Gasteiger partial charge in [0.05, 0.1) is 6.54 Å². The molecule has 0 bridgehead atoms. The normalized spacial score (nSPS) is 15.6. The van der Waals surface area contributed by atoms with Crippen molar-refractivity contribution in [2.24, 2.45) is 0 Å². The fraction of sp³-hybridized carbons (Fsp3) is 0.562. The number of nitrogens with one attached hydrogen (secondary N) is 2. The van der Waals surface area contributed by atoms with Gasteiger partial charge in [0.2, 0.25) is 5.91 Å². The van der Waals surface area contributed by atoms with Gasteiger partial charge in [-0.2, -0.15) is 0 Å². The number of hydrogen-bond acceptors (Lipinski definition) is 2. The van der Waals surface area contributed by atoms with E-state index in [2.05, 4.69) is 41.8 Å². The Morgan fingerprint density at radius 3 is 2.58 bits per heavy atom. The molecule has 0 atom stereocenters. The fourth-order valence-corrected chi connectivity index (χ4v) is 2.73. The van der Waals surface area contributed by atoms with Gasteiger partial charge in [0.1, 0.15) is 0 Å². The van der Waals surface area contributed by atoms with E-state index in [4.69, 9.17) is 0 Å². The van der Waals surface area contributed by atoms with Crippen molar-refractivity contribution < 1.29 is 4.79 Å². The minimum absolute atomic E-state index is 0.126. The van der Waals surface area contributed by atoms with Crippen molar-refractivity contribution >= 4 is 5.91 Å². The van der Waals surface area contributed by atoms with Crippen LogP contribution in [0.1, 0.15) is 43.7 Å². The Morgan fingerprint density at radius 1 is 1.21 bits per heavy atom. The summed E-state index contributed by atoms with van der Waals surface area (Å²) < 4.78 is 0. The highest BCUT2D eigenvalue weighted by atomic mass is 16.1. The second-order valence-corrected chi connectivity index (χ2v) is 5.27. The second kappa shape index (κ2) is 7.29. The highest BCUT2D eigenvalue weighted by Crippen LogP contribution is 2.17. The largest absolute Gasteiger partial charge is 0.352 e. The molecular formula is C16H24N2O. The van der Waals surface area contributed by atoms with Crippen molar-refractivity contribution in [3.63, 3.8) is 0 Å². The zero-order valence-electron chi connectivity index (χ0n) is 11.7. The summed E-state index contributed by atoms with van der Waals surface area (Å²) in [5.74, 6) is 0.126. The molecule has 0 aliphatic heterocycles. The molecule has 0 radical (unpaired) electrons. The third kappa shape index (κ3) is 4.35. The van der Waals surface area contributed by atoms with Gasteiger partial charge in [0.25, 0.3) is 0 Å². The first-order valence-electron chi connectivity index (χ1n) is 7.36. The molecule has 1 fully saturated rings. The zero-order chi connectivity index (χ0) is 13.5. The minimum Gasteiger partial charge on any atom is -0.352 e. The first-order valence-corrected chi connectivity index (χ1v) is 7.36. The number of amides is 1. The van der Waals surface area contributed by atoms with Gasteiger partial charge in [0.15, 0.2) is 0 Å². The number of rotatable bonds is 6. The molecule has 19 heavy (non-hydrogen) atoms. The molecule has 1 saturated carbocycles. The predicted molar refractivity (Wildman–Crippen MR) is 77.9 cm³/mol. The topological polar surface area (TPSA) is 41.1 Å². The van der Waals surface area contributed by atoms with E-state index in [9.17, 15) is 4.79 Å². The van der Waals surface area contributed by atoms with E-state index >= 15 is 0 Å². The summed E-state index contributed by atoms with van der Waals surface area (Å²) in [6, 6.07) is 8.80. The van der Waals surface area contributed by atoms with Crippen LogP contribution in [0, 0.1) is 0 Å². The number of aryl methyl sites for hydroxylation is 1. The van der Waals surface area contributed by atoms with Gasteiger partial charge in [-0.05, 0) is 30.4 Å². The molecule has 3 heteroatoms. The quantitative estimate of drug-likeness (QED) is 0.824. The lowest BCUT2D eigenvalue weighted by molar-refractivity contribution is -0.120. The molecule has 2 rings (SSSR count). The van der Waals surface area contributed by atoms with Gasteiger partial charge < -0.3 is 10.6 Å². The smallest absolute Gasteiger partial charge is 0.234 e. The summed E-state index contributed by atoms with van der Waals surface area (Å²) in [6.45, 7) is 3.34. The lowest BCUT2D eigenvalue weighted by Crippen LogP contribution is -2.39.